The maximum Gasteiger partial charge on any atom is 0.160 e. The maximum absolute atomic E-state index is 13.3. The first-order chi connectivity index (χ1) is 10.1. The number of aliphatic hydroxyl groups is 1. The smallest absolute Gasteiger partial charge is 0.160 e. The van der Waals surface area contributed by atoms with Gasteiger partial charge in [0.15, 0.2) is 11.6 Å². The third-order valence-electron chi connectivity index (χ3n) is 4.26. The van der Waals surface area contributed by atoms with Crippen LogP contribution >= 0.6 is 0 Å². The molecule has 116 valence electrons. The molecule has 2 N–H and O–H groups in total. The summed E-state index contributed by atoms with van der Waals surface area (Å²) in [6, 6.07) is 4.36. The molecule has 4 nitrogen and oxygen atoms in total. The van der Waals surface area contributed by atoms with Gasteiger partial charge in [-0.25, -0.2) is 8.78 Å². The van der Waals surface area contributed by atoms with Crippen molar-refractivity contribution < 1.29 is 18.6 Å². The number of rotatable bonds is 3. The maximum atomic E-state index is 13.3. The molecule has 2 aliphatic heterocycles. The fraction of sp³-hybridized carbons (Fsp3) is 0.600. The lowest BCUT2D eigenvalue weighted by atomic mass is 10.0. The van der Waals surface area contributed by atoms with Crippen molar-refractivity contribution in [3.63, 3.8) is 0 Å². The van der Waals surface area contributed by atoms with Crippen LogP contribution in [-0.4, -0.2) is 49.6 Å². The first kappa shape index (κ1) is 14.7. The van der Waals surface area contributed by atoms with Crippen LogP contribution in [0.1, 0.15) is 12.8 Å². The zero-order valence-corrected chi connectivity index (χ0v) is 11.8. The summed E-state index contributed by atoms with van der Waals surface area (Å²) in [4.78, 5) is 2.06. The highest BCUT2D eigenvalue weighted by molar-refractivity contribution is 5.47. The Morgan fingerprint density at radius 1 is 1.14 bits per heavy atom. The van der Waals surface area contributed by atoms with Gasteiger partial charge < -0.3 is 20.1 Å². The normalized spacial score (nSPS) is 27.3. The molecule has 0 spiro atoms. The molecule has 6 heteroatoms. The van der Waals surface area contributed by atoms with Gasteiger partial charge in [0.2, 0.25) is 0 Å². The van der Waals surface area contributed by atoms with Crippen molar-refractivity contribution in [3.05, 3.63) is 29.8 Å². The van der Waals surface area contributed by atoms with Gasteiger partial charge in [-0.1, -0.05) is 0 Å². The minimum Gasteiger partial charge on any atom is -0.389 e. The zero-order chi connectivity index (χ0) is 14.8. The predicted molar refractivity (Wildman–Crippen MR) is 75.3 cm³/mol. The lowest BCUT2D eigenvalue weighted by Crippen LogP contribution is -2.49. The monoisotopic (exact) mass is 298 g/mol. The first-order valence-electron chi connectivity index (χ1n) is 7.35. The Hall–Kier alpha value is -1.24. The van der Waals surface area contributed by atoms with Gasteiger partial charge in [-0.15, -0.1) is 0 Å². The van der Waals surface area contributed by atoms with Gasteiger partial charge in [0.1, 0.15) is 0 Å². The van der Waals surface area contributed by atoms with Gasteiger partial charge in [-0.2, -0.15) is 0 Å². The highest BCUT2D eigenvalue weighted by Crippen LogP contribution is 2.22. The number of nitrogens with one attached hydrogen (secondary N) is 1. The topological polar surface area (TPSA) is 44.7 Å². The molecule has 0 aliphatic carbocycles. The summed E-state index contributed by atoms with van der Waals surface area (Å²) in [5, 5.41) is 13.2. The number of anilines is 1. The summed E-state index contributed by atoms with van der Waals surface area (Å²) < 4.78 is 31.4. The van der Waals surface area contributed by atoms with Crippen LogP contribution in [0.25, 0.3) is 0 Å². The molecule has 1 aromatic rings. The molecular weight excluding hydrogens is 278 g/mol. The minimum atomic E-state index is -0.814. The lowest BCUT2D eigenvalue weighted by Gasteiger charge is -2.35. The Morgan fingerprint density at radius 2 is 1.90 bits per heavy atom. The number of halogens is 2. The van der Waals surface area contributed by atoms with E-state index in [1.54, 1.807) is 6.07 Å². The molecule has 0 aromatic heterocycles. The Morgan fingerprint density at radius 3 is 2.52 bits per heavy atom. The van der Waals surface area contributed by atoms with Crippen molar-refractivity contribution in [1.29, 1.82) is 0 Å². The van der Waals surface area contributed by atoms with E-state index in [1.165, 1.54) is 12.1 Å². The third-order valence-corrected chi connectivity index (χ3v) is 4.26. The number of nitrogens with zero attached hydrogens (tertiary/aromatic N) is 1. The Kier molecular flexibility index (Phi) is 4.37. The molecule has 0 saturated carbocycles. The highest BCUT2D eigenvalue weighted by Gasteiger charge is 2.29. The van der Waals surface area contributed by atoms with Crippen molar-refractivity contribution in [3.8, 4) is 0 Å². The second-order valence-electron chi connectivity index (χ2n) is 5.74. The van der Waals surface area contributed by atoms with E-state index in [9.17, 15) is 13.9 Å². The SMILES string of the molecule is O[C@H]1COC[C@@H]1NC1CCN(c2ccc(F)c(F)c2)CC1. The van der Waals surface area contributed by atoms with Crippen LogP contribution in [0, 0.1) is 11.6 Å². The van der Waals surface area contributed by atoms with E-state index in [0.717, 1.165) is 31.6 Å². The molecule has 2 saturated heterocycles. The molecule has 0 radical (unpaired) electrons. The molecule has 2 heterocycles. The van der Waals surface area contributed by atoms with Crippen molar-refractivity contribution in [1.82, 2.24) is 5.32 Å². The van der Waals surface area contributed by atoms with Gasteiger partial charge in [0.25, 0.3) is 0 Å². The number of aliphatic hydroxyl groups excluding tert-OH is 1. The zero-order valence-electron chi connectivity index (χ0n) is 11.8. The summed E-state index contributed by atoms with van der Waals surface area (Å²) in [6.07, 6.45) is 1.37. The predicted octanol–water partition coefficient (Wildman–Crippen LogP) is 1.28. The molecule has 21 heavy (non-hydrogen) atoms. The number of ether oxygens (including phenoxy) is 1. The van der Waals surface area contributed by atoms with Gasteiger partial charge >= 0.3 is 0 Å². The average Bonchev–Trinajstić information content (AvgIpc) is 2.88. The van der Waals surface area contributed by atoms with Crippen LogP contribution in [0.2, 0.25) is 0 Å². The van der Waals surface area contributed by atoms with Crippen LogP contribution < -0.4 is 10.2 Å². The van der Waals surface area contributed by atoms with Gasteiger partial charge in [0.05, 0.1) is 25.4 Å². The fourth-order valence-corrected chi connectivity index (χ4v) is 2.99. The van der Waals surface area contributed by atoms with E-state index in [4.69, 9.17) is 4.74 Å². The Balaban J connectivity index is 1.53. The number of benzene rings is 1. The minimum absolute atomic E-state index is 0.00446. The summed E-state index contributed by atoms with van der Waals surface area (Å²) >= 11 is 0. The van der Waals surface area contributed by atoms with Gasteiger partial charge in [0, 0.05) is 30.9 Å². The van der Waals surface area contributed by atoms with Crippen molar-refractivity contribution in [2.75, 3.05) is 31.2 Å². The summed E-state index contributed by atoms with van der Waals surface area (Å²) in [6.45, 7) is 2.51. The molecule has 3 rings (SSSR count). The van der Waals surface area contributed by atoms with Crippen LogP contribution in [0.5, 0.6) is 0 Å². The largest absolute Gasteiger partial charge is 0.389 e. The second kappa shape index (κ2) is 6.25. The van der Waals surface area contributed by atoms with Crippen molar-refractivity contribution in [2.24, 2.45) is 0 Å². The number of piperidine rings is 1. The molecule has 2 fully saturated rings. The second-order valence-corrected chi connectivity index (χ2v) is 5.74. The average molecular weight is 298 g/mol. The fourth-order valence-electron chi connectivity index (χ4n) is 2.99. The molecule has 0 amide bonds. The molecule has 0 unspecified atom stereocenters. The van der Waals surface area contributed by atoms with Crippen LogP contribution in [0.4, 0.5) is 14.5 Å². The first-order valence-corrected chi connectivity index (χ1v) is 7.35. The molecular formula is C15H20F2N2O2. The van der Waals surface area contributed by atoms with Gasteiger partial charge in [-0.3, -0.25) is 0 Å². The Labute approximate surface area is 122 Å². The number of hydrogen-bond acceptors (Lipinski definition) is 4. The van der Waals surface area contributed by atoms with E-state index in [1.807, 2.05) is 0 Å². The highest BCUT2D eigenvalue weighted by atomic mass is 19.2. The van der Waals surface area contributed by atoms with Crippen LogP contribution in [0.15, 0.2) is 18.2 Å². The van der Waals surface area contributed by atoms with Crippen LogP contribution in [-0.2, 0) is 4.74 Å². The van der Waals surface area contributed by atoms with Crippen molar-refractivity contribution >= 4 is 5.69 Å². The van der Waals surface area contributed by atoms with Crippen LogP contribution in [0.3, 0.4) is 0 Å². The van der Waals surface area contributed by atoms with E-state index in [2.05, 4.69) is 10.2 Å². The molecule has 2 aliphatic rings. The summed E-state index contributed by atoms with van der Waals surface area (Å²) in [5.41, 5.74) is 0.719. The quantitative estimate of drug-likeness (QED) is 0.882. The third kappa shape index (κ3) is 3.33. The standard InChI is InChI=1S/C15H20F2N2O2/c16-12-2-1-11(7-13(12)17)19-5-3-10(4-6-19)18-14-8-21-9-15(14)20/h1-2,7,10,14-15,18,20H,3-6,8-9H2/t14-,15-/m0/s1. The summed E-state index contributed by atoms with van der Waals surface area (Å²) in [7, 11) is 0. The van der Waals surface area contributed by atoms with E-state index < -0.39 is 17.7 Å². The lowest BCUT2D eigenvalue weighted by molar-refractivity contribution is 0.120. The van der Waals surface area contributed by atoms with Crippen molar-refractivity contribution in [2.45, 2.75) is 31.0 Å². The van der Waals surface area contributed by atoms with E-state index in [-0.39, 0.29) is 6.04 Å². The van der Waals surface area contributed by atoms with E-state index in [0.29, 0.717) is 19.3 Å². The summed E-state index contributed by atoms with van der Waals surface area (Å²) in [5.74, 6) is -1.62. The Bertz CT molecular complexity index is 493. The molecule has 0 bridgehead atoms. The number of hydrogen-bond donors (Lipinski definition) is 2. The van der Waals surface area contributed by atoms with E-state index >= 15 is 0 Å². The van der Waals surface area contributed by atoms with Gasteiger partial charge in [-0.05, 0) is 25.0 Å². The molecule has 2 atom stereocenters. The molecule has 1 aromatic carbocycles.